The van der Waals surface area contributed by atoms with Gasteiger partial charge in [-0.1, -0.05) is 299 Å². The van der Waals surface area contributed by atoms with Crippen LogP contribution >= 0.6 is 0 Å². The smallest absolute Gasteiger partial charge is 0.220 e. The summed E-state index contributed by atoms with van der Waals surface area (Å²) in [6.45, 7) is 3.70. The Bertz CT molecular complexity index is 1380. The van der Waals surface area contributed by atoms with Crippen LogP contribution in [0.2, 0.25) is 0 Å². The molecule has 0 aromatic rings. The molecule has 0 radical (unpaired) electrons. The van der Waals surface area contributed by atoms with Crippen molar-refractivity contribution < 1.29 is 39.8 Å². The van der Waals surface area contributed by atoms with Crippen molar-refractivity contribution in [3.05, 3.63) is 60.8 Å². The van der Waals surface area contributed by atoms with Crippen molar-refractivity contribution in [2.75, 3.05) is 13.2 Å². The highest BCUT2D eigenvalue weighted by Crippen LogP contribution is 2.23. The topological polar surface area (TPSA) is 149 Å². The van der Waals surface area contributed by atoms with Crippen LogP contribution < -0.4 is 5.32 Å². The average Bonchev–Trinajstić information content (AvgIpc) is 3.42. The second-order valence-electron chi connectivity index (χ2n) is 22.5. The van der Waals surface area contributed by atoms with Gasteiger partial charge in [0.2, 0.25) is 5.91 Å². The first-order chi connectivity index (χ1) is 37.3. The molecule has 7 unspecified atom stereocenters. The molecule has 1 rings (SSSR count). The normalized spacial score (nSPS) is 19.2. The van der Waals surface area contributed by atoms with Crippen LogP contribution in [0.15, 0.2) is 60.8 Å². The van der Waals surface area contributed by atoms with Gasteiger partial charge in [0.25, 0.3) is 0 Å². The molecule has 0 aliphatic carbocycles. The van der Waals surface area contributed by atoms with Crippen molar-refractivity contribution >= 4 is 5.91 Å². The van der Waals surface area contributed by atoms with Gasteiger partial charge in [0, 0.05) is 6.42 Å². The van der Waals surface area contributed by atoms with Gasteiger partial charge in [-0.15, -0.1) is 0 Å². The Morgan fingerprint density at radius 3 is 1.21 bits per heavy atom. The second kappa shape index (κ2) is 56.2. The Balaban J connectivity index is 2.17. The Kier molecular flexibility index (Phi) is 53.1. The molecule has 0 saturated carbocycles. The molecule has 7 atom stereocenters. The number of aliphatic hydroxyl groups excluding tert-OH is 5. The van der Waals surface area contributed by atoms with Crippen molar-refractivity contribution in [3.63, 3.8) is 0 Å². The van der Waals surface area contributed by atoms with Crippen molar-refractivity contribution in [1.29, 1.82) is 0 Å². The number of unbranched alkanes of at least 4 members (excludes halogenated alkanes) is 38. The molecule has 0 spiro atoms. The molecular weight excluding hydrogens is 947 g/mol. The van der Waals surface area contributed by atoms with E-state index < -0.39 is 49.5 Å². The Labute approximate surface area is 468 Å². The van der Waals surface area contributed by atoms with Crippen molar-refractivity contribution in [1.82, 2.24) is 5.32 Å². The summed E-state index contributed by atoms with van der Waals surface area (Å²) >= 11 is 0. The SMILES string of the molecule is CC/C=C\C/C=C\C/C=C\C/C=C\CCCCCCCCCCCCC(=O)NC(COC1OC(CO)C(O)C(O)C1O)C(O)/C=C/CCCCCCCCCCCCCCCCCCCCCCCCCCCCCC. The first-order valence-corrected chi connectivity index (χ1v) is 32.5. The van der Waals surface area contributed by atoms with E-state index in [2.05, 4.69) is 67.8 Å². The summed E-state index contributed by atoms with van der Waals surface area (Å²) < 4.78 is 11.3. The summed E-state index contributed by atoms with van der Waals surface area (Å²) in [6.07, 6.45) is 70.2. The molecule has 1 heterocycles. The van der Waals surface area contributed by atoms with Gasteiger partial charge >= 0.3 is 0 Å². The van der Waals surface area contributed by atoms with Gasteiger partial charge in [-0.2, -0.15) is 0 Å². The van der Waals surface area contributed by atoms with E-state index in [0.717, 1.165) is 70.6 Å². The highest BCUT2D eigenvalue weighted by atomic mass is 16.7. The maximum absolute atomic E-state index is 13.1. The number of aliphatic hydroxyl groups is 5. The molecule has 1 saturated heterocycles. The van der Waals surface area contributed by atoms with Gasteiger partial charge in [0.1, 0.15) is 24.4 Å². The zero-order valence-electron chi connectivity index (χ0n) is 49.5. The van der Waals surface area contributed by atoms with E-state index in [4.69, 9.17) is 9.47 Å². The number of carbonyl (C=O) groups is 1. The third-order valence-electron chi connectivity index (χ3n) is 15.3. The van der Waals surface area contributed by atoms with Gasteiger partial charge in [0.05, 0.1) is 25.4 Å². The molecule has 0 bridgehead atoms. The summed E-state index contributed by atoms with van der Waals surface area (Å²) in [5, 5.41) is 54.7. The average molecular weight is 1070 g/mol. The van der Waals surface area contributed by atoms with Crippen LogP contribution in [-0.2, 0) is 14.3 Å². The van der Waals surface area contributed by atoms with E-state index in [0.29, 0.717) is 6.42 Å². The van der Waals surface area contributed by atoms with Crippen LogP contribution in [0.3, 0.4) is 0 Å². The van der Waals surface area contributed by atoms with Crippen LogP contribution in [-0.4, -0.2) is 87.5 Å². The summed E-state index contributed by atoms with van der Waals surface area (Å²) in [5.74, 6) is -0.180. The molecular formula is C67H123NO8. The van der Waals surface area contributed by atoms with E-state index in [-0.39, 0.29) is 12.5 Å². The van der Waals surface area contributed by atoms with Gasteiger partial charge in [-0.25, -0.2) is 0 Å². The molecule has 0 aromatic carbocycles. The number of hydrogen-bond donors (Lipinski definition) is 6. The number of amides is 1. The Morgan fingerprint density at radius 2 is 0.816 bits per heavy atom. The highest BCUT2D eigenvalue weighted by molar-refractivity contribution is 5.76. The second-order valence-corrected chi connectivity index (χ2v) is 22.5. The number of hydrogen-bond acceptors (Lipinski definition) is 8. The quantitative estimate of drug-likeness (QED) is 0.0261. The standard InChI is InChI=1S/C67H123NO8/c1-3-5-7-9-11-13-15-17-19-21-23-25-27-28-29-30-31-32-33-35-36-38-40-42-44-46-48-50-52-54-56-61(70)60(59-75-67-66(74)65(73)64(72)62(58-69)76-67)68-63(71)57-55-53-51-49-47-45-43-41-39-37-34-26-24-22-20-18-16-14-12-10-8-6-4-2/h6,8,12,14,18,20,24,26,54,56,60-62,64-67,69-70,72-74H,3-5,7,9-11,13,15-17,19,21-23,25,27-53,55,57-59H2,1-2H3,(H,68,71)/b8-6-,14-12-,20-18-,26-24-,56-54+. The summed E-state index contributed by atoms with van der Waals surface area (Å²) in [7, 11) is 0. The fourth-order valence-electron chi connectivity index (χ4n) is 10.3. The molecule has 1 amide bonds. The van der Waals surface area contributed by atoms with E-state index >= 15 is 0 Å². The number of rotatable bonds is 56. The lowest BCUT2D eigenvalue weighted by atomic mass is 9.99. The third-order valence-corrected chi connectivity index (χ3v) is 15.3. The predicted molar refractivity (Wildman–Crippen MR) is 322 cm³/mol. The van der Waals surface area contributed by atoms with Gasteiger partial charge in [-0.3, -0.25) is 4.79 Å². The zero-order chi connectivity index (χ0) is 55.0. The van der Waals surface area contributed by atoms with E-state index in [9.17, 15) is 30.3 Å². The molecule has 0 aromatic heterocycles. The van der Waals surface area contributed by atoms with Crippen molar-refractivity contribution in [2.24, 2.45) is 0 Å². The molecule has 9 heteroatoms. The van der Waals surface area contributed by atoms with Crippen LogP contribution in [0.5, 0.6) is 0 Å². The molecule has 9 nitrogen and oxygen atoms in total. The Hall–Kier alpha value is -2.11. The fourth-order valence-corrected chi connectivity index (χ4v) is 10.3. The van der Waals surface area contributed by atoms with Gasteiger partial charge in [0.15, 0.2) is 6.29 Å². The summed E-state index contributed by atoms with van der Waals surface area (Å²) in [6, 6.07) is -0.811. The van der Waals surface area contributed by atoms with E-state index in [1.807, 2.05) is 6.08 Å². The molecule has 1 aliphatic rings. The van der Waals surface area contributed by atoms with Crippen LogP contribution in [0, 0.1) is 0 Å². The number of carbonyl (C=O) groups excluding carboxylic acids is 1. The molecule has 1 aliphatic heterocycles. The number of nitrogens with one attached hydrogen (secondary N) is 1. The lowest BCUT2D eigenvalue weighted by molar-refractivity contribution is -0.302. The minimum Gasteiger partial charge on any atom is -0.394 e. The minimum absolute atomic E-state index is 0.180. The summed E-state index contributed by atoms with van der Waals surface area (Å²) in [4.78, 5) is 13.1. The van der Waals surface area contributed by atoms with E-state index in [1.165, 1.54) is 212 Å². The first kappa shape index (κ1) is 71.9. The van der Waals surface area contributed by atoms with Crippen molar-refractivity contribution in [3.8, 4) is 0 Å². The zero-order valence-corrected chi connectivity index (χ0v) is 49.5. The Morgan fingerprint density at radius 1 is 0.461 bits per heavy atom. The maximum atomic E-state index is 13.1. The number of ether oxygens (including phenoxy) is 2. The molecule has 444 valence electrons. The predicted octanol–water partition coefficient (Wildman–Crippen LogP) is 17.0. The maximum Gasteiger partial charge on any atom is 0.220 e. The van der Waals surface area contributed by atoms with Crippen LogP contribution in [0.1, 0.15) is 303 Å². The largest absolute Gasteiger partial charge is 0.394 e. The third kappa shape index (κ3) is 44.7. The summed E-state index contributed by atoms with van der Waals surface area (Å²) in [5.41, 5.74) is 0. The lowest BCUT2D eigenvalue weighted by Gasteiger charge is -2.40. The highest BCUT2D eigenvalue weighted by Gasteiger charge is 2.44. The van der Waals surface area contributed by atoms with Gasteiger partial charge < -0.3 is 40.3 Å². The molecule has 6 N–H and O–H groups in total. The number of allylic oxidation sites excluding steroid dienone is 9. The monoisotopic (exact) mass is 1070 g/mol. The van der Waals surface area contributed by atoms with Gasteiger partial charge in [-0.05, 0) is 57.8 Å². The minimum atomic E-state index is -1.57. The molecule has 76 heavy (non-hydrogen) atoms. The molecule has 1 fully saturated rings. The van der Waals surface area contributed by atoms with Crippen molar-refractivity contribution in [2.45, 2.75) is 346 Å². The first-order valence-electron chi connectivity index (χ1n) is 32.5. The lowest BCUT2D eigenvalue weighted by Crippen LogP contribution is -2.60. The van der Waals surface area contributed by atoms with Crippen LogP contribution in [0.4, 0.5) is 0 Å². The fraction of sp³-hybridized carbons (Fsp3) is 0.836. The van der Waals surface area contributed by atoms with Crippen LogP contribution in [0.25, 0.3) is 0 Å². The van der Waals surface area contributed by atoms with E-state index in [1.54, 1.807) is 6.08 Å².